The summed E-state index contributed by atoms with van der Waals surface area (Å²) in [7, 11) is 0. The molecule has 7 nitrogen and oxygen atoms in total. The average Bonchev–Trinajstić information content (AvgIpc) is 3.26. The third kappa shape index (κ3) is 3.51. The molecule has 1 aliphatic heterocycles. The molecule has 0 bridgehead atoms. The van der Waals surface area contributed by atoms with Crippen LogP contribution in [-0.4, -0.2) is 30.2 Å². The quantitative estimate of drug-likeness (QED) is 0.880. The van der Waals surface area contributed by atoms with E-state index < -0.39 is 0 Å². The van der Waals surface area contributed by atoms with Crippen molar-refractivity contribution in [2.24, 2.45) is 0 Å². The molecule has 1 fully saturated rings. The van der Waals surface area contributed by atoms with Crippen LogP contribution < -0.4 is 10.6 Å². The summed E-state index contributed by atoms with van der Waals surface area (Å²) in [4.78, 5) is 25.4. The summed E-state index contributed by atoms with van der Waals surface area (Å²) in [5.41, 5.74) is 2.77. The Balaban J connectivity index is 1.33. The molecule has 4 rings (SSSR count). The summed E-state index contributed by atoms with van der Waals surface area (Å²) in [6.45, 7) is 1.56. The summed E-state index contributed by atoms with van der Waals surface area (Å²) < 4.78 is 10.4. The van der Waals surface area contributed by atoms with Crippen LogP contribution >= 0.6 is 0 Å². The van der Waals surface area contributed by atoms with Crippen molar-refractivity contribution >= 4 is 17.8 Å². The number of fused-ring (bicyclic) bond motifs is 1. The van der Waals surface area contributed by atoms with Crippen molar-refractivity contribution in [1.29, 1.82) is 0 Å². The van der Waals surface area contributed by atoms with Gasteiger partial charge in [0.05, 0.1) is 18.8 Å². The molecule has 0 radical (unpaired) electrons. The second kappa shape index (κ2) is 7.11. The number of benzene rings is 1. The maximum absolute atomic E-state index is 12.3. The fraction of sp³-hybridized carbons (Fsp3) is 0.368. The highest BCUT2D eigenvalue weighted by molar-refractivity contribution is 5.89. The minimum absolute atomic E-state index is 0.0158. The Hall–Kier alpha value is -2.96. The van der Waals surface area contributed by atoms with Gasteiger partial charge in [-0.1, -0.05) is 12.1 Å². The van der Waals surface area contributed by atoms with Crippen molar-refractivity contribution in [2.45, 2.75) is 31.8 Å². The van der Waals surface area contributed by atoms with Gasteiger partial charge in [-0.05, 0) is 36.6 Å². The first-order chi connectivity index (χ1) is 12.7. The Morgan fingerprint density at radius 3 is 2.85 bits per heavy atom. The molecule has 2 N–H and O–H groups in total. The van der Waals surface area contributed by atoms with E-state index in [0.29, 0.717) is 25.4 Å². The monoisotopic (exact) mass is 355 g/mol. The van der Waals surface area contributed by atoms with Crippen LogP contribution in [-0.2, 0) is 17.7 Å². The van der Waals surface area contributed by atoms with E-state index in [4.69, 9.17) is 9.15 Å². The SMILES string of the molecule is O=C(Nc1ccc(CN2CCOC2=O)cc1)NC1CCCc2occc21. The van der Waals surface area contributed by atoms with Crippen molar-refractivity contribution in [3.05, 3.63) is 53.5 Å². The second-order valence-electron chi connectivity index (χ2n) is 6.58. The summed E-state index contributed by atoms with van der Waals surface area (Å²) in [5.74, 6) is 0.964. The summed E-state index contributed by atoms with van der Waals surface area (Å²) in [6, 6.07) is 9.14. The van der Waals surface area contributed by atoms with Gasteiger partial charge in [0.1, 0.15) is 12.4 Å². The van der Waals surface area contributed by atoms with Gasteiger partial charge in [-0.3, -0.25) is 0 Å². The molecule has 26 heavy (non-hydrogen) atoms. The van der Waals surface area contributed by atoms with E-state index >= 15 is 0 Å². The molecular formula is C19H21N3O4. The molecule has 7 heteroatoms. The fourth-order valence-electron chi connectivity index (χ4n) is 3.44. The molecule has 136 valence electrons. The number of cyclic esters (lactones) is 1. The lowest BCUT2D eigenvalue weighted by Gasteiger charge is -2.23. The number of urea groups is 1. The molecule has 2 heterocycles. The Bertz CT molecular complexity index is 799. The highest BCUT2D eigenvalue weighted by atomic mass is 16.6. The van der Waals surface area contributed by atoms with Gasteiger partial charge in [0.25, 0.3) is 0 Å². The standard InChI is InChI=1S/C19H21N3O4/c23-18(21-16-2-1-3-17-15(16)8-10-25-17)20-14-6-4-13(5-7-14)12-22-9-11-26-19(22)24/h4-8,10,16H,1-3,9,11-12H2,(H2,20,21,23). The normalized spacial score (nSPS) is 19.0. The largest absolute Gasteiger partial charge is 0.469 e. The van der Waals surface area contributed by atoms with Crippen LogP contribution in [0.5, 0.6) is 0 Å². The topological polar surface area (TPSA) is 83.8 Å². The Kier molecular flexibility index (Phi) is 4.51. The lowest BCUT2D eigenvalue weighted by molar-refractivity contribution is 0.157. The van der Waals surface area contributed by atoms with E-state index in [1.54, 1.807) is 11.2 Å². The van der Waals surface area contributed by atoms with Crippen molar-refractivity contribution in [1.82, 2.24) is 10.2 Å². The number of carbonyl (C=O) groups excluding carboxylic acids is 2. The fourth-order valence-corrected chi connectivity index (χ4v) is 3.44. The predicted octanol–water partition coefficient (Wildman–Crippen LogP) is 3.43. The van der Waals surface area contributed by atoms with Crippen molar-refractivity contribution < 1.29 is 18.7 Å². The van der Waals surface area contributed by atoms with Gasteiger partial charge in [0.2, 0.25) is 0 Å². The van der Waals surface area contributed by atoms with Gasteiger partial charge in [-0.15, -0.1) is 0 Å². The number of ether oxygens (including phenoxy) is 1. The average molecular weight is 355 g/mol. The number of carbonyl (C=O) groups is 2. The van der Waals surface area contributed by atoms with Crippen LogP contribution in [0.3, 0.4) is 0 Å². The smallest absolute Gasteiger partial charge is 0.410 e. The van der Waals surface area contributed by atoms with Crippen molar-refractivity contribution in [3.8, 4) is 0 Å². The molecule has 1 saturated heterocycles. The maximum Gasteiger partial charge on any atom is 0.410 e. The molecule has 0 spiro atoms. The van der Waals surface area contributed by atoms with Gasteiger partial charge in [-0.25, -0.2) is 9.59 Å². The van der Waals surface area contributed by atoms with E-state index in [-0.39, 0.29) is 18.2 Å². The number of anilines is 1. The van der Waals surface area contributed by atoms with E-state index in [0.717, 1.165) is 36.1 Å². The van der Waals surface area contributed by atoms with Gasteiger partial charge < -0.3 is 24.7 Å². The first kappa shape index (κ1) is 16.5. The predicted molar refractivity (Wildman–Crippen MR) is 94.7 cm³/mol. The number of rotatable bonds is 4. The van der Waals surface area contributed by atoms with Gasteiger partial charge >= 0.3 is 12.1 Å². The molecule has 2 aromatic rings. The number of aryl methyl sites for hydroxylation is 1. The molecular weight excluding hydrogens is 334 g/mol. The summed E-state index contributed by atoms with van der Waals surface area (Å²) in [5, 5.41) is 5.87. The Morgan fingerprint density at radius 2 is 2.08 bits per heavy atom. The highest BCUT2D eigenvalue weighted by Gasteiger charge is 2.24. The molecule has 1 aromatic heterocycles. The third-order valence-electron chi connectivity index (χ3n) is 4.79. The lowest BCUT2D eigenvalue weighted by Crippen LogP contribution is -2.34. The van der Waals surface area contributed by atoms with Gasteiger partial charge in [0, 0.05) is 24.2 Å². The van der Waals surface area contributed by atoms with E-state index in [1.165, 1.54) is 0 Å². The molecule has 1 unspecified atom stereocenters. The van der Waals surface area contributed by atoms with Crippen LogP contribution in [0.2, 0.25) is 0 Å². The zero-order valence-corrected chi connectivity index (χ0v) is 14.4. The Morgan fingerprint density at radius 1 is 1.23 bits per heavy atom. The van der Waals surface area contributed by atoms with Crippen LogP contribution in [0, 0.1) is 0 Å². The third-order valence-corrected chi connectivity index (χ3v) is 4.79. The minimum Gasteiger partial charge on any atom is -0.469 e. The molecule has 1 aromatic carbocycles. The van der Waals surface area contributed by atoms with E-state index in [9.17, 15) is 9.59 Å². The first-order valence-corrected chi connectivity index (χ1v) is 8.83. The van der Waals surface area contributed by atoms with Crippen LogP contribution in [0.1, 0.15) is 35.8 Å². The zero-order chi connectivity index (χ0) is 17.9. The number of hydrogen-bond acceptors (Lipinski definition) is 4. The molecule has 3 amide bonds. The maximum atomic E-state index is 12.3. The molecule has 2 aliphatic rings. The molecule has 1 atom stereocenters. The number of amides is 3. The minimum atomic E-state index is -0.280. The van der Waals surface area contributed by atoms with Crippen molar-refractivity contribution in [3.63, 3.8) is 0 Å². The Labute approximate surface area is 151 Å². The van der Waals surface area contributed by atoms with Gasteiger partial charge in [0.15, 0.2) is 0 Å². The molecule has 0 saturated carbocycles. The van der Waals surface area contributed by atoms with E-state index in [1.807, 2.05) is 30.3 Å². The van der Waals surface area contributed by atoms with Gasteiger partial charge in [-0.2, -0.15) is 0 Å². The number of hydrogen-bond donors (Lipinski definition) is 2. The second-order valence-corrected chi connectivity index (χ2v) is 6.58. The molecule has 1 aliphatic carbocycles. The number of nitrogens with one attached hydrogen (secondary N) is 2. The lowest BCUT2D eigenvalue weighted by atomic mass is 9.93. The summed E-state index contributed by atoms with van der Waals surface area (Å²) in [6.07, 6.45) is 4.23. The number of furan rings is 1. The summed E-state index contributed by atoms with van der Waals surface area (Å²) >= 11 is 0. The zero-order valence-electron chi connectivity index (χ0n) is 14.4. The first-order valence-electron chi connectivity index (χ1n) is 8.83. The highest BCUT2D eigenvalue weighted by Crippen LogP contribution is 2.30. The van der Waals surface area contributed by atoms with E-state index in [2.05, 4.69) is 10.6 Å². The van der Waals surface area contributed by atoms with Crippen molar-refractivity contribution in [2.75, 3.05) is 18.5 Å². The van der Waals surface area contributed by atoms with Crippen LogP contribution in [0.15, 0.2) is 41.0 Å². The number of nitrogens with zero attached hydrogens (tertiary/aromatic N) is 1. The van der Waals surface area contributed by atoms with Crippen LogP contribution in [0.25, 0.3) is 0 Å². The van der Waals surface area contributed by atoms with Crippen LogP contribution in [0.4, 0.5) is 15.3 Å².